The Hall–Kier alpha value is -3.26. The minimum atomic E-state index is -1.90. The summed E-state index contributed by atoms with van der Waals surface area (Å²) in [6.07, 6.45) is -10.6. The fourth-order valence-electron chi connectivity index (χ4n) is 4.22. The molecule has 36 heavy (non-hydrogen) atoms. The summed E-state index contributed by atoms with van der Waals surface area (Å²) >= 11 is 6.27. The van der Waals surface area contributed by atoms with Crippen molar-refractivity contribution in [3.05, 3.63) is 76.1 Å². The van der Waals surface area contributed by atoms with Crippen molar-refractivity contribution in [3.63, 3.8) is 0 Å². The number of fused-ring (bicyclic) bond motifs is 3. The zero-order valence-corrected chi connectivity index (χ0v) is 19.3. The maximum Gasteiger partial charge on any atom is 0.335 e. The average molecular weight is 519 g/mol. The van der Waals surface area contributed by atoms with E-state index in [-0.39, 0.29) is 17.1 Å². The third kappa shape index (κ3) is 4.07. The molecule has 0 aliphatic carbocycles. The second-order valence-electron chi connectivity index (χ2n) is 8.28. The topological polar surface area (TPSA) is 160 Å². The number of hydrogen-bond donors (Lipinski definition) is 4. The van der Waals surface area contributed by atoms with Gasteiger partial charge >= 0.3 is 5.97 Å². The molecule has 0 spiro atoms. The van der Waals surface area contributed by atoms with Crippen LogP contribution >= 0.6 is 11.6 Å². The van der Waals surface area contributed by atoms with Gasteiger partial charge in [-0.2, -0.15) is 0 Å². The van der Waals surface area contributed by atoms with Crippen LogP contribution in [-0.2, 0) is 14.3 Å². The van der Waals surface area contributed by atoms with Gasteiger partial charge in [0.25, 0.3) is 0 Å². The van der Waals surface area contributed by atoms with Crippen LogP contribution in [0.1, 0.15) is 29.0 Å². The lowest BCUT2D eigenvalue weighted by Crippen LogP contribution is -2.60. The second kappa shape index (κ2) is 9.32. The predicted octanol–water partition coefficient (Wildman–Crippen LogP) is 1.13. The fourth-order valence-corrected chi connectivity index (χ4v) is 4.40. The van der Waals surface area contributed by atoms with E-state index in [0.717, 1.165) is 0 Å². The first-order valence-electron chi connectivity index (χ1n) is 10.8. The molecular weight excluding hydrogens is 499 g/mol. The maximum atomic E-state index is 14.9. The number of carboxylic acid groups (broad SMARTS) is 1. The molecule has 11 nitrogen and oxygen atoms in total. The van der Waals surface area contributed by atoms with Crippen molar-refractivity contribution >= 4 is 23.3 Å². The molecule has 1 fully saturated rings. The van der Waals surface area contributed by atoms with Crippen molar-refractivity contribution in [2.24, 2.45) is 4.99 Å². The van der Waals surface area contributed by atoms with Crippen LogP contribution in [0.2, 0.25) is 5.02 Å². The van der Waals surface area contributed by atoms with E-state index in [2.05, 4.69) is 15.2 Å². The summed E-state index contributed by atoms with van der Waals surface area (Å²) in [5, 5.41) is 48.6. The summed E-state index contributed by atoms with van der Waals surface area (Å²) in [4.78, 5) is 16.1. The third-order valence-corrected chi connectivity index (χ3v) is 6.21. The molecule has 4 N–H and O–H groups in total. The molecule has 188 valence electrons. The number of carboxylic acids is 1. The van der Waals surface area contributed by atoms with Gasteiger partial charge < -0.3 is 29.9 Å². The highest BCUT2D eigenvalue weighted by atomic mass is 35.5. The van der Waals surface area contributed by atoms with Crippen molar-refractivity contribution in [2.75, 3.05) is 0 Å². The predicted molar refractivity (Wildman–Crippen MR) is 121 cm³/mol. The summed E-state index contributed by atoms with van der Waals surface area (Å²) in [6.45, 7) is 1.67. The molecular formula is C23H20ClFN4O7. The zero-order chi connectivity index (χ0) is 25.7. The summed E-state index contributed by atoms with van der Waals surface area (Å²) in [5.41, 5.74) is 1.22. The van der Waals surface area contributed by atoms with Gasteiger partial charge in [0.1, 0.15) is 30.0 Å². The van der Waals surface area contributed by atoms with Crippen molar-refractivity contribution < 1.29 is 39.1 Å². The number of aliphatic hydroxyl groups excluding tert-OH is 3. The highest BCUT2D eigenvalue weighted by Gasteiger charge is 2.49. The molecule has 5 rings (SSSR count). The van der Waals surface area contributed by atoms with Gasteiger partial charge in [0.15, 0.2) is 18.2 Å². The van der Waals surface area contributed by atoms with Crippen LogP contribution in [0.15, 0.2) is 47.5 Å². The number of aliphatic carboxylic acids is 1. The summed E-state index contributed by atoms with van der Waals surface area (Å²) in [6, 6.07) is 10.8. The number of aliphatic imine (C=N–C) groups is 1. The van der Waals surface area contributed by atoms with Gasteiger partial charge in [0, 0.05) is 16.1 Å². The quantitative estimate of drug-likeness (QED) is 0.397. The Morgan fingerprint density at radius 2 is 1.83 bits per heavy atom. The molecule has 1 aromatic heterocycles. The van der Waals surface area contributed by atoms with Crippen LogP contribution in [0.3, 0.4) is 0 Å². The first-order chi connectivity index (χ1) is 17.2. The van der Waals surface area contributed by atoms with E-state index in [4.69, 9.17) is 21.1 Å². The number of benzene rings is 2. The number of ether oxygens (including phenoxy) is 2. The lowest BCUT2D eigenvalue weighted by atomic mass is 9.99. The van der Waals surface area contributed by atoms with Crippen LogP contribution in [0, 0.1) is 12.7 Å². The number of rotatable bonds is 4. The van der Waals surface area contributed by atoms with E-state index in [1.807, 2.05) is 0 Å². The Morgan fingerprint density at radius 3 is 2.56 bits per heavy atom. The Kier molecular flexibility index (Phi) is 6.32. The number of aliphatic hydroxyl groups is 3. The Balaban J connectivity index is 1.66. The van der Waals surface area contributed by atoms with Crippen molar-refractivity contribution in [3.8, 4) is 5.69 Å². The van der Waals surface area contributed by atoms with Crippen molar-refractivity contribution in [1.29, 1.82) is 0 Å². The number of nitrogens with zero attached hydrogens (tertiary/aromatic N) is 4. The highest BCUT2D eigenvalue weighted by Crippen LogP contribution is 2.35. The Labute approximate surface area is 208 Å². The second-order valence-corrected chi connectivity index (χ2v) is 8.72. The minimum absolute atomic E-state index is 0.116. The molecule has 1 saturated heterocycles. The van der Waals surface area contributed by atoms with Crippen LogP contribution in [0.4, 0.5) is 4.39 Å². The van der Waals surface area contributed by atoms with Gasteiger partial charge in [-0.05, 0) is 37.3 Å². The molecule has 6 atom stereocenters. The van der Waals surface area contributed by atoms with E-state index in [0.29, 0.717) is 22.1 Å². The normalized spacial score (nSPS) is 27.6. The minimum Gasteiger partial charge on any atom is -0.479 e. The number of halogens is 2. The molecule has 0 saturated carbocycles. The van der Waals surface area contributed by atoms with Crippen LogP contribution in [0.25, 0.3) is 5.69 Å². The largest absolute Gasteiger partial charge is 0.479 e. The van der Waals surface area contributed by atoms with Crippen molar-refractivity contribution in [2.45, 2.75) is 43.9 Å². The number of aromatic nitrogens is 3. The molecule has 2 aromatic carbocycles. The molecule has 2 aliphatic rings. The van der Waals surface area contributed by atoms with Crippen molar-refractivity contribution in [1.82, 2.24) is 14.8 Å². The van der Waals surface area contributed by atoms with E-state index < -0.39 is 48.7 Å². The molecule has 0 radical (unpaired) electrons. The molecule has 3 heterocycles. The summed E-state index contributed by atoms with van der Waals surface area (Å²) in [7, 11) is 0. The molecule has 0 amide bonds. The van der Waals surface area contributed by atoms with E-state index in [9.17, 15) is 29.6 Å². The molecule has 2 aliphatic heterocycles. The molecule has 3 aromatic rings. The third-order valence-electron chi connectivity index (χ3n) is 5.98. The van der Waals surface area contributed by atoms with Gasteiger partial charge in [0.05, 0.1) is 11.4 Å². The van der Waals surface area contributed by atoms with Gasteiger partial charge in [-0.15, -0.1) is 10.2 Å². The van der Waals surface area contributed by atoms with Crippen LogP contribution in [-0.4, -0.2) is 77.6 Å². The van der Waals surface area contributed by atoms with Gasteiger partial charge in [-0.3, -0.25) is 4.57 Å². The maximum absolute atomic E-state index is 14.9. The first-order valence-corrected chi connectivity index (χ1v) is 11.2. The van der Waals surface area contributed by atoms with E-state index in [1.54, 1.807) is 35.8 Å². The highest BCUT2D eigenvalue weighted by molar-refractivity contribution is 6.31. The first kappa shape index (κ1) is 24.4. The lowest BCUT2D eigenvalue weighted by molar-refractivity contribution is -0.305. The van der Waals surface area contributed by atoms with Gasteiger partial charge in [-0.25, -0.2) is 14.2 Å². The van der Waals surface area contributed by atoms with E-state index >= 15 is 0 Å². The summed E-state index contributed by atoms with van der Waals surface area (Å²) < 4.78 is 27.6. The summed E-state index contributed by atoms with van der Waals surface area (Å²) in [5.74, 6) is -1.60. The molecule has 3 unspecified atom stereocenters. The average Bonchev–Trinajstić information content (AvgIpc) is 3.17. The molecule has 13 heteroatoms. The number of carbonyl (C=O) groups is 1. The number of hydrogen-bond acceptors (Lipinski definition) is 9. The van der Waals surface area contributed by atoms with Crippen LogP contribution < -0.4 is 0 Å². The van der Waals surface area contributed by atoms with E-state index in [1.165, 1.54) is 18.2 Å². The molecule has 0 bridgehead atoms. The Bertz CT molecular complexity index is 1370. The monoisotopic (exact) mass is 518 g/mol. The van der Waals surface area contributed by atoms with Gasteiger partial charge in [-0.1, -0.05) is 23.7 Å². The smallest absolute Gasteiger partial charge is 0.335 e. The zero-order valence-electron chi connectivity index (χ0n) is 18.6. The SMILES string of the molecule is Cc1nnc2n1-c1ccc(Cl)cc1C(c1ccccc1F)=NC2O[C@@H]1OC(C(=O)O)[C@@H](O)[C@H](O)C1O. The van der Waals surface area contributed by atoms with Gasteiger partial charge in [0.2, 0.25) is 6.23 Å². The number of aryl methyl sites for hydroxylation is 1. The fraction of sp³-hybridized carbons (Fsp3) is 0.304. The van der Waals surface area contributed by atoms with Crippen LogP contribution in [0.5, 0.6) is 0 Å². The Morgan fingerprint density at radius 1 is 1.08 bits per heavy atom. The standard InChI is InChI=1S/C23H20ClFN4O7/c1-9-27-28-20-21(36-23-18(32)16(30)17(31)19(35-23)22(33)34)26-15(11-4-2-3-5-13(11)25)12-8-10(24)6-7-14(12)29(9)20/h2-8,16-19,21,23,30-32H,1H3,(H,33,34)/t16-,17-,18?,19?,21?,23-/m0/s1. The lowest BCUT2D eigenvalue weighted by Gasteiger charge is -2.39.